The molecule has 0 unspecified atom stereocenters. The zero-order chi connectivity index (χ0) is 26.0. The highest BCUT2D eigenvalue weighted by atomic mass is 32.1. The average molecular weight is 515 g/mol. The number of nitrogens with zero attached hydrogens (tertiary/aromatic N) is 2. The highest BCUT2D eigenvalue weighted by Gasteiger charge is 2.30. The summed E-state index contributed by atoms with van der Waals surface area (Å²) < 4.78 is 18.3. The largest absolute Gasteiger partial charge is 0.496 e. The highest BCUT2D eigenvalue weighted by Crippen LogP contribution is 2.37. The highest BCUT2D eigenvalue weighted by molar-refractivity contribution is 7.18. The van der Waals surface area contributed by atoms with Gasteiger partial charge >= 0.3 is 5.97 Å². The number of aromatic nitrogens is 1. The Labute approximate surface area is 215 Å². The summed E-state index contributed by atoms with van der Waals surface area (Å²) >= 11 is 1.44. The van der Waals surface area contributed by atoms with Crippen LogP contribution in [-0.2, 0) is 11.2 Å². The van der Waals surface area contributed by atoms with E-state index >= 15 is 0 Å². The maximum atomic E-state index is 12.0. The molecule has 0 radical (unpaired) electrons. The van der Waals surface area contributed by atoms with Crippen LogP contribution in [0.3, 0.4) is 0 Å². The number of methoxy groups -OCH3 is 2. The Morgan fingerprint density at radius 3 is 2.33 bits per heavy atom. The van der Waals surface area contributed by atoms with Crippen molar-refractivity contribution in [3.05, 3.63) is 46.0 Å². The fraction of sp³-hybridized carbons (Fsp3) is 0.481. The number of hydrogen-bond donors (Lipinski definition) is 2. The van der Waals surface area contributed by atoms with Crippen LogP contribution in [0, 0.1) is 6.92 Å². The smallest absolute Gasteiger partial charge is 0.338 e. The Balaban J connectivity index is 1.71. The monoisotopic (exact) mass is 514 g/mol. The third-order valence-corrected chi connectivity index (χ3v) is 7.81. The van der Waals surface area contributed by atoms with E-state index in [4.69, 9.17) is 14.2 Å². The number of carbonyl (C=O) groups is 1. The van der Waals surface area contributed by atoms with Gasteiger partial charge in [0.05, 0.1) is 47.2 Å². The van der Waals surface area contributed by atoms with E-state index < -0.39 is 18.2 Å². The molecular weight excluding hydrogens is 480 g/mol. The summed E-state index contributed by atoms with van der Waals surface area (Å²) in [4.78, 5) is 18.5. The summed E-state index contributed by atoms with van der Waals surface area (Å²) in [5.41, 5.74) is 2.92. The third-order valence-electron chi connectivity index (χ3n) is 6.78. The van der Waals surface area contributed by atoms with Crippen molar-refractivity contribution in [1.82, 2.24) is 4.98 Å². The first-order valence-corrected chi connectivity index (χ1v) is 12.9. The first-order valence-electron chi connectivity index (χ1n) is 12.1. The maximum absolute atomic E-state index is 12.0. The number of aliphatic hydroxyl groups excluding tert-OH is 1. The number of carboxylic acids is 1. The van der Waals surface area contributed by atoms with Crippen molar-refractivity contribution in [3.8, 4) is 11.5 Å². The van der Waals surface area contributed by atoms with Gasteiger partial charge in [-0.3, -0.25) is 0 Å². The van der Waals surface area contributed by atoms with Crippen molar-refractivity contribution >= 4 is 33.2 Å². The number of aliphatic hydroxyl groups is 1. The molecule has 1 saturated carbocycles. The van der Waals surface area contributed by atoms with Gasteiger partial charge in [-0.1, -0.05) is 12.8 Å². The van der Waals surface area contributed by atoms with Gasteiger partial charge in [0.2, 0.25) is 0 Å². The lowest BCUT2D eigenvalue weighted by Gasteiger charge is -2.27. The number of fused-ring (bicyclic) bond motifs is 1. The average Bonchev–Trinajstić information content (AvgIpc) is 3.51. The molecule has 2 N–H and O–H groups in total. The fourth-order valence-electron chi connectivity index (χ4n) is 4.74. The summed E-state index contributed by atoms with van der Waals surface area (Å²) in [6.07, 6.45) is 3.04. The zero-order valence-electron chi connectivity index (χ0n) is 21.4. The van der Waals surface area contributed by atoms with Gasteiger partial charge in [0.15, 0.2) is 0 Å². The predicted octanol–water partition coefficient (Wildman–Crippen LogP) is 4.99. The standard InChI is InChI=1S/C27H34N2O6S/c1-15-20(33-4)10-16(11-21(15)34-5)26(30)22(35-18-8-6-7-9-18)14-24-28-25-19(27(31)32)12-17(29(2)3)13-23(25)36-24/h10-13,18,22,26,30H,6-9,14H2,1-5H3,(H,31,32)/t22-,26+/m0/s1. The summed E-state index contributed by atoms with van der Waals surface area (Å²) in [5.74, 6) is 0.244. The molecule has 1 aliphatic rings. The lowest BCUT2D eigenvalue weighted by Crippen LogP contribution is -2.29. The molecule has 4 rings (SSSR count). The summed E-state index contributed by atoms with van der Waals surface area (Å²) in [7, 11) is 6.93. The minimum absolute atomic E-state index is 0.0724. The Morgan fingerprint density at radius 2 is 1.78 bits per heavy atom. The van der Waals surface area contributed by atoms with Crippen LogP contribution in [0.2, 0.25) is 0 Å². The topological polar surface area (TPSA) is 101 Å². The van der Waals surface area contributed by atoms with Gasteiger partial charge in [0.25, 0.3) is 0 Å². The number of hydrogen-bond acceptors (Lipinski definition) is 8. The molecule has 2 atom stereocenters. The van der Waals surface area contributed by atoms with Gasteiger partial charge in [0, 0.05) is 31.8 Å². The second-order valence-corrected chi connectivity index (χ2v) is 10.5. The van der Waals surface area contributed by atoms with E-state index in [1.807, 2.05) is 44.1 Å². The van der Waals surface area contributed by atoms with Crippen molar-refractivity contribution in [2.75, 3.05) is 33.2 Å². The Bertz CT molecular complexity index is 1210. The second kappa shape index (κ2) is 11.0. The summed E-state index contributed by atoms with van der Waals surface area (Å²) in [6, 6.07) is 7.22. The summed E-state index contributed by atoms with van der Waals surface area (Å²) in [5, 5.41) is 22.0. The lowest BCUT2D eigenvalue weighted by atomic mass is 9.99. The number of thiazole rings is 1. The minimum atomic E-state index is -1.02. The molecule has 2 aromatic carbocycles. The van der Waals surface area contributed by atoms with E-state index in [1.54, 1.807) is 20.3 Å². The molecule has 0 aliphatic heterocycles. The van der Waals surface area contributed by atoms with E-state index in [0.29, 0.717) is 29.0 Å². The van der Waals surface area contributed by atoms with Gasteiger partial charge in [-0.05, 0) is 49.6 Å². The van der Waals surface area contributed by atoms with E-state index in [-0.39, 0.29) is 11.7 Å². The molecule has 1 fully saturated rings. The van der Waals surface area contributed by atoms with Crippen LogP contribution in [0.15, 0.2) is 24.3 Å². The van der Waals surface area contributed by atoms with Crippen LogP contribution in [0.1, 0.15) is 58.3 Å². The Hall–Kier alpha value is -2.88. The number of ether oxygens (including phenoxy) is 3. The molecule has 0 amide bonds. The molecular formula is C27H34N2O6S. The molecule has 0 bridgehead atoms. The van der Waals surface area contributed by atoms with Crippen LogP contribution in [-0.4, -0.2) is 61.7 Å². The molecule has 1 aromatic heterocycles. The van der Waals surface area contributed by atoms with Crippen LogP contribution in [0.4, 0.5) is 5.69 Å². The van der Waals surface area contributed by atoms with Crippen LogP contribution < -0.4 is 14.4 Å². The Kier molecular flexibility index (Phi) is 8.02. The van der Waals surface area contributed by atoms with Gasteiger partial charge in [0.1, 0.15) is 17.6 Å². The fourth-order valence-corrected chi connectivity index (χ4v) is 5.81. The minimum Gasteiger partial charge on any atom is -0.496 e. The SMILES string of the molecule is COc1cc([C@@H](O)[C@H](Cc2nc3c(C(=O)O)cc(N(C)C)cc3s2)OC2CCCC2)cc(OC)c1C. The van der Waals surface area contributed by atoms with Crippen molar-refractivity contribution in [2.45, 2.75) is 57.3 Å². The van der Waals surface area contributed by atoms with Gasteiger partial charge in [-0.25, -0.2) is 9.78 Å². The first kappa shape index (κ1) is 26.2. The molecule has 3 aromatic rings. The van der Waals surface area contributed by atoms with Crippen molar-refractivity contribution in [1.29, 1.82) is 0 Å². The number of aromatic carboxylic acids is 1. The van der Waals surface area contributed by atoms with Crippen LogP contribution >= 0.6 is 11.3 Å². The number of benzene rings is 2. The predicted molar refractivity (Wildman–Crippen MR) is 141 cm³/mol. The van der Waals surface area contributed by atoms with E-state index in [0.717, 1.165) is 46.6 Å². The van der Waals surface area contributed by atoms with E-state index in [1.165, 1.54) is 11.3 Å². The first-order chi connectivity index (χ1) is 17.2. The van der Waals surface area contributed by atoms with Crippen LogP contribution in [0.5, 0.6) is 11.5 Å². The molecule has 1 heterocycles. The number of rotatable bonds is 10. The Morgan fingerprint density at radius 1 is 1.14 bits per heavy atom. The molecule has 1 aliphatic carbocycles. The summed E-state index contributed by atoms with van der Waals surface area (Å²) in [6.45, 7) is 1.91. The number of carboxylic acid groups (broad SMARTS) is 1. The van der Waals surface area contributed by atoms with E-state index in [9.17, 15) is 15.0 Å². The molecule has 194 valence electrons. The number of anilines is 1. The third kappa shape index (κ3) is 5.43. The normalized spacial score (nSPS) is 15.7. The second-order valence-electron chi connectivity index (χ2n) is 9.43. The molecule has 0 spiro atoms. The van der Waals surface area contributed by atoms with Crippen molar-refractivity contribution in [3.63, 3.8) is 0 Å². The van der Waals surface area contributed by atoms with Crippen LogP contribution in [0.25, 0.3) is 10.2 Å². The van der Waals surface area contributed by atoms with Crippen molar-refractivity contribution in [2.24, 2.45) is 0 Å². The van der Waals surface area contributed by atoms with Crippen molar-refractivity contribution < 1.29 is 29.2 Å². The maximum Gasteiger partial charge on any atom is 0.338 e. The zero-order valence-corrected chi connectivity index (χ0v) is 22.2. The van der Waals surface area contributed by atoms with E-state index in [2.05, 4.69) is 4.98 Å². The molecule has 8 nitrogen and oxygen atoms in total. The van der Waals surface area contributed by atoms with Gasteiger partial charge < -0.3 is 29.3 Å². The van der Waals surface area contributed by atoms with Gasteiger partial charge in [-0.15, -0.1) is 11.3 Å². The lowest BCUT2D eigenvalue weighted by molar-refractivity contribution is -0.0753. The quantitative estimate of drug-likeness (QED) is 0.390. The molecule has 0 saturated heterocycles. The van der Waals surface area contributed by atoms with Gasteiger partial charge in [-0.2, -0.15) is 0 Å². The molecule has 36 heavy (non-hydrogen) atoms. The molecule has 9 heteroatoms.